The van der Waals surface area contributed by atoms with Crippen molar-refractivity contribution < 1.29 is 9.53 Å². The molecule has 2 aromatic carbocycles. The highest BCUT2D eigenvalue weighted by Crippen LogP contribution is 2.20. The molecule has 0 heterocycles. The van der Waals surface area contributed by atoms with Gasteiger partial charge in [-0.05, 0) is 50.1 Å². The minimum absolute atomic E-state index is 0.0837. The second kappa shape index (κ2) is 8.63. The zero-order chi connectivity index (χ0) is 16.7. The molecule has 0 radical (unpaired) electrons. The zero-order valence-corrected chi connectivity index (χ0v) is 14.7. The van der Waals surface area contributed by atoms with Crippen LogP contribution < -0.4 is 10.1 Å². The van der Waals surface area contributed by atoms with Gasteiger partial charge in [0.1, 0.15) is 5.75 Å². The molecule has 0 saturated heterocycles. The third kappa shape index (κ3) is 5.64. The van der Waals surface area contributed by atoms with E-state index in [2.05, 4.69) is 17.4 Å². The largest absolute Gasteiger partial charge is 0.481 e. The average molecular weight is 329 g/mol. The summed E-state index contributed by atoms with van der Waals surface area (Å²) in [6, 6.07) is 16.2. The normalized spacial score (nSPS) is 11.8. The number of benzene rings is 2. The second-order valence-electron chi connectivity index (χ2n) is 5.48. The van der Waals surface area contributed by atoms with Gasteiger partial charge in [0.05, 0.1) is 0 Å². The molecule has 0 aliphatic carbocycles. The first-order valence-electron chi connectivity index (χ1n) is 7.76. The standard InChI is InChI=1S/C19H23NO2S/c1-14-9-10-15(2)18(13-14)22-16(3)19(21)20-11-12-23-17-7-5-4-6-8-17/h4-10,13,16H,11-12H2,1-3H3,(H,20,21). The minimum atomic E-state index is -0.503. The summed E-state index contributed by atoms with van der Waals surface area (Å²) in [6.45, 7) is 6.40. The lowest BCUT2D eigenvalue weighted by atomic mass is 10.1. The van der Waals surface area contributed by atoms with Gasteiger partial charge in [-0.1, -0.05) is 30.3 Å². The molecule has 0 bridgehead atoms. The van der Waals surface area contributed by atoms with Crippen LogP contribution in [0.3, 0.4) is 0 Å². The molecule has 0 saturated carbocycles. The molecule has 1 amide bonds. The first kappa shape index (κ1) is 17.4. The predicted octanol–water partition coefficient (Wildman–Crippen LogP) is 3.98. The predicted molar refractivity (Wildman–Crippen MR) is 96.2 cm³/mol. The number of amides is 1. The van der Waals surface area contributed by atoms with E-state index in [0.717, 1.165) is 22.6 Å². The Morgan fingerprint density at radius 1 is 1.17 bits per heavy atom. The summed E-state index contributed by atoms with van der Waals surface area (Å²) in [5.41, 5.74) is 2.16. The van der Waals surface area contributed by atoms with E-state index in [-0.39, 0.29) is 5.91 Å². The van der Waals surface area contributed by atoms with Crippen LogP contribution in [0.25, 0.3) is 0 Å². The third-order valence-electron chi connectivity index (χ3n) is 3.43. The number of hydrogen-bond donors (Lipinski definition) is 1. The summed E-state index contributed by atoms with van der Waals surface area (Å²) in [5.74, 6) is 1.53. The number of rotatable bonds is 7. The summed E-state index contributed by atoms with van der Waals surface area (Å²) < 4.78 is 5.78. The maximum atomic E-state index is 12.1. The van der Waals surface area contributed by atoms with Crippen molar-refractivity contribution in [3.05, 3.63) is 59.7 Å². The van der Waals surface area contributed by atoms with E-state index in [1.807, 2.05) is 50.2 Å². The molecule has 2 rings (SSSR count). The molecule has 1 unspecified atom stereocenters. The fourth-order valence-corrected chi connectivity index (χ4v) is 2.87. The van der Waals surface area contributed by atoms with Crippen LogP contribution in [0.4, 0.5) is 0 Å². The molecule has 1 atom stereocenters. The van der Waals surface area contributed by atoms with E-state index in [9.17, 15) is 4.79 Å². The van der Waals surface area contributed by atoms with Gasteiger partial charge < -0.3 is 10.1 Å². The van der Waals surface area contributed by atoms with Crippen molar-refractivity contribution in [2.75, 3.05) is 12.3 Å². The number of carbonyl (C=O) groups excluding carboxylic acids is 1. The number of nitrogens with one attached hydrogen (secondary N) is 1. The van der Waals surface area contributed by atoms with Crippen LogP contribution in [0.15, 0.2) is 53.4 Å². The van der Waals surface area contributed by atoms with Crippen molar-refractivity contribution in [2.45, 2.75) is 31.8 Å². The second-order valence-corrected chi connectivity index (χ2v) is 6.65. The molecule has 0 aliphatic heterocycles. The van der Waals surface area contributed by atoms with Crippen molar-refractivity contribution in [3.63, 3.8) is 0 Å². The molecular formula is C19H23NO2S. The molecule has 0 spiro atoms. The molecule has 3 nitrogen and oxygen atoms in total. The number of hydrogen-bond acceptors (Lipinski definition) is 3. The van der Waals surface area contributed by atoms with Gasteiger partial charge in [-0.15, -0.1) is 11.8 Å². The van der Waals surface area contributed by atoms with Gasteiger partial charge in [-0.3, -0.25) is 4.79 Å². The molecule has 0 aliphatic rings. The Labute approximate surface area is 142 Å². The van der Waals surface area contributed by atoms with Crippen molar-refractivity contribution in [1.82, 2.24) is 5.32 Å². The maximum absolute atomic E-state index is 12.1. The third-order valence-corrected chi connectivity index (χ3v) is 4.44. The fourth-order valence-electron chi connectivity index (χ4n) is 2.08. The van der Waals surface area contributed by atoms with Gasteiger partial charge in [0.15, 0.2) is 6.10 Å². The molecule has 1 N–H and O–H groups in total. The summed E-state index contributed by atoms with van der Waals surface area (Å²) in [4.78, 5) is 13.3. The van der Waals surface area contributed by atoms with Gasteiger partial charge in [-0.2, -0.15) is 0 Å². The number of ether oxygens (including phenoxy) is 1. The van der Waals surface area contributed by atoms with Crippen molar-refractivity contribution in [1.29, 1.82) is 0 Å². The Morgan fingerprint density at radius 3 is 2.65 bits per heavy atom. The quantitative estimate of drug-likeness (QED) is 0.617. The molecule has 23 heavy (non-hydrogen) atoms. The highest BCUT2D eigenvalue weighted by atomic mass is 32.2. The molecule has 4 heteroatoms. The van der Waals surface area contributed by atoms with Crippen LogP contribution in [-0.4, -0.2) is 24.3 Å². The Hall–Kier alpha value is -1.94. The molecule has 2 aromatic rings. The summed E-state index contributed by atoms with van der Waals surface area (Å²) in [5, 5.41) is 2.92. The van der Waals surface area contributed by atoms with E-state index in [1.54, 1.807) is 18.7 Å². The topological polar surface area (TPSA) is 38.3 Å². The molecule has 122 valence electrons. The van der Waals surface area contributed by atoms with Gasteiger partial charge in [0, 0.05) is 17.2 Å². The van der Waals surface area contributed by atoms with E-state index in [1.165, 1.54) is 4.90 Å². The average Bonchev–Trinajstić information content (AvgIpc) is 2.55. The molecule has 0 fully saturated rings. The summed E-state index contributed by atoms with van der Waals surface area (Å²) in [7, 11) is 0. The van der Waals surface area contributed by atoms with Gasteiger partial charge in [0.25, 0.3) is 5.91 Å². The molecular weight excluding hydrogens is 306 g/mol. The summed E-state index contributed by atoms with van der Waals surface area (Å²) >= 11 is 1.73. The van der Waals surface area contributed by atoms with Crippen molar-refractivity contribution in [3.8, 4) is 5.75 Å². The Bertz CT molecular complexity index is 643. The van der Waals surface area contributed by atoms with Gasteiger partial charge >= 0.3 is 0 Å². The lowest BCUT2D eigenvalue weighted by Crippen LogP contribution is -2.37. The summed E-state index contributed by atoms with van der Waals surface area (Å²) in [6.07, 6.45) is -0.503. The SMILES string of the molecule is Cc1ccc(C)c(OC(C)C(=O)NCCSc2ccccc2)c1. The Balaban J connectivity index is 1.75. The maximum Gasteiger partial charge on any atom is 0.260 e. The van der Waals surface area contributed by atoms with Gasteiger partial charge in [-0.25, -0.2) is 0 Å². The van der Waals surface area contributed by atoms with E-state index in [0.29, 0.717) is 6.54 Å². The van der Waals surface area contributed by atoms with Crippen LogP contribution in [0, 0.1) is 13.8 Å². The highest BCUT2D eigenvalue weighted by molar-refractivity contribution is 7.99. The number of carbonyl (C=O) groups is 1. The van der Waals surface area contributed by atoms with Crippen LogP contribution in [0.5, 0.6) is 5.75 Å². The van der Waals surface area contributed by atoms with E-state index >= 15 is 0 Å². The smallest absolute Gasteiger partial charge is 0.260 e. The minimum Gasteiger partial charge on any atom is -0.481 e. The zero-order valence-electron chi connectivity index (χ0n) is 13.8. The first-order chi connectivity index (χ1) is 11.1. The Kier molecular flexibility index (Phi) is 6.53. The van der Waals surface area contributed by atoms with Crippen LogP contribution >= 0.6 is 11.8 Å². The highest BCUT2D eigenvalue weighted by Gasteiger charge is 2.15. The van der Waals surface area contributed by atoms with E-state index in [4.69, 9.17) is 4.74 Å². The van der Waals surface area contributed by atoms with Crippen molar-refractivity contribution >= 4 is 17.7 Å². The number of thioether (sulfide) groups is 1. The Morgan fingerprint density at radius 2 is 1.91 bits per heavy atom. The van der Waals surface area contributed by atoms with Crippen molar-refractivity contribution in [2.24, 2.45) is 0 Å². The lowest BCUT2D eigenvalue weighted by molar-refractivity contribution is -0.127. The van der Waals surface area contributed by atoms with Crippen LogP contribution in [-0.2, 0) is 4.79 Å². The monoisotopic (exact) mass is 329 g/mol. The van der Waals surface area contributed by atoms with Gasteiger partial charge in [0.2, 0.25) is 0 Å². The molecule has 0 aromatic heterocycles. The van der Waals surface area contributed by atoms with E-state index < -0.39 is 6.10 Å². The lowest BCUT2D eigenvalue weighted by Gasteiger charge is -2.16. The first-order valence-corrected chi connectivity index (χ1v) is 8.74. The van der Waals surface area contributed by atoms with Crippen LogP contribution in [0.2, 0.25) is 0 Å². The number of aryl methyl sites for hydroxylation is 2. The van der Waals surface area contributed by atoms with Crippen LogP contribution in [0.1, 0.15) is 18.1 Å². The fraction of sp³-hybridized carbons (Fsp3) is 0.316.